The lowest BCUT2D eigenvalue weighted by atomic mass is 10.2. The number of alkyl halides is 1. The molecule has 1 rings (SSSR count). The van der Waals surface area contributed by atoms with Crippen molar-refractivity contribution in [1.29, 1.82) is 0 Å². The zero-order valence-electron chi connectivity index (χ0n) is 11.9. The lowest BCUT2D eigenvalue weighted by Gasteiger charge is -2.27. The van der Waals surface area contributed by atoms with Gasteiger partial charge in [-0.25, -0.2) is 4.79 Å². The van der Waals surface area contributed by atoms with Crippen LogP contribution in [-0.2, 0) is 4.74 Å². The summed E-state index contributed by atoms with van der Waals surface area (Å²) in [5.74, 6) is 0. The maximum atomic E-state index is 12.2. The van der Waals surface area contributed by atoms with E-state index in [2.05, 4.69) is 15.9 Å². The van der Waals surface area contributed by atoms with Crippen molar-refractivity contribution in [2.45, 2.75) is 39.2 Å². The summed E-state index contributed by atoms with van der Waals surface area (Å²) in [6, 6.07) is 9.65. The van der Waals surface area contributed by atoms with Gasteiger partial charge in [0.05, 0.1) is 0 Å². The molecular formula is C15H22BrNO2. The van der Waals surface area contributed by atoms with Crippen LogP contribution in [0.3, 0.4) is 0 Å². The third-order valence-corrected chi connectivity index (χ3v) is 3.01. The summed E-state index contributed by atoms with van der Waals surface area (Å²) < 4.78 is 5.46. The van der Waals surface area contributed by atoms with Gasteiger partial charge in [0, 0.05) is 17.6 Å². The average molecular weight is 328 g/mol. The van der Waals surface area contributed by atoms with E-state index in [-0.39, 0.29) is 6.09 Å². The van der Waals surface area contributed by atoms with E-state index in [1.807, 2.05) is 51.1 Å². The predicted octanol–water partition coefficient (Wildman–Crippen LogP) is 4.60. The van der Waals surface area contributed by atoms with Crippen molar-refractivity contribution in [3.8, 4) is 0 Å². The summed E-state index contributed by atoms with van der Waals surface area (Å²) in [4.78, 5) is 13.9. The van der Waals surface area contributed by atoms with E-state index in [0.29, 0.717) is 6.54 Å². The molecular weight excluding hydrogens is 306 g/mol. The van der Waals surface area contributed by atoms with Crippen LogP contribution in [0, 0.1) is 0 Å². The highest BCUT2D eigenvalue weighted by Gasteiger charge is 2.22. The largest absolute Gasteiger partial charge is 0.443 e. The van der Waals surface area contributed by atoms with Gasteiger partial charge in [-0.3, -0.25) is 4.90 Å². The molecule has 0 unspecified atom stereocenters. The number of rotatable bonds is 5. The fourth-order valence-electron chi connectivity index (χ4n) is 1.62. The number of anilines is 1. The quantitative estimate of drug-likeness (QED) is 0.584. The van der Waals surface area contributed by atoms with Gasteiger partial charge in [0.1, 0.15) is 5.60 Å². The zero-order valence-corrected chi connectivity index (χ0v) is 13.4. The molecule has 0 N–H and O–H groups in total. The summed E-state index contributed by atoms with van der Waals surface area (Å²) in [6.45, 7) is 6.32. The molecule has 0 aliphatic rings. The van der Waals surface area contributed by atoms with E-state index in [4.69, 9.17) is 4.74 Å². The smallest absolute Gasteiger partial charge is 0.414 e. The Morgan fingerprint density at radius 2 is 1.84 bits per heavy atom. The molecule has 19 heavy (non-hydrogen) atoms. The van der Waals surface area contributed by atoms with Crippen molar-refractivity contribution >= 4 is 27.7 Å². The van der Waals surface area contributed by atoms with Crippen LogP contribution in [0.2, 0.25) is 0 Å². The Hall–Kier alpha value is -1.03. The highest BCUT2D eigenvalue weighted by molar-refractivity contribution is 9.09. The van der Waals surface area contributed by atoms with Gasteiger partial charge in [-0.1, -0.05) is 34.1 Å². The number of nitrogens with zero attached hydrogens (tertiary/aromatic N) is 1. The lowest BCUT2D eigenvalue weighted by molar-refractivity contribution is 0.0580. The molecule has 0 fully saturated rings. The van der Waals surface area contributed by atoms with E-state index in [1.54, 1.807) is 4.90 Å². The van der Waals surface area contributed by atoms with Crippen molar-refractivity contribution in [3.05, 3.63) is 30.3 Å². The Morgan fingerprint density at radius 1 is 1.21 bits per heavy atom. The Kier molecular flexibility index (Phi) is 6.35. The van der Waals surface area contributed by atoms with Gasteiger partial charge in [-0.15, -0.1) is 0 Å². The van der Waals surface area contributed by atoms with Crippen molar-refractivity contribution in [3.63, 3.8) is 0 Å². The first-order valence-electron chi connectivity index (χ1n) is 6.55. The van der Waals surface area contributed by atoms with Crippen LogP contribution in [0.15, 0.2) is 30.3 Å². The molecule has 0 aliphatic heterocycles. The molecule has 0 heterocycles. The Labute approximate surface area is 124 Å². The fraction of sp³-hybridized carbons (Fsp3) is 0.533. The number of benzene rings is 1. The summed E-state index contributed by atoms with van der Waals surface area (Å²) >= 11 is 3.41. The fourth-order valence-corrected chi connectivity index (χ4v) is 2.01. The molecule has 0 spiro atoms. The molecule has 0 bridgehead atoms. The Bertz CT molecular complexity index is 387. The minimum absolute atomic E-state index is 0.284. The minimum Gasteiger partial charge on any atom is -0.443 e. The highest BCUT2D eigenvalue weighted by atomic mass is 79.9. The Balaban J connectivity index is 2.77. The van der Waals surface area contributed by atoms with E-state index < -0.39 is 5.60 Å². The molecule has 106 valence electrons. The van der Waals surface area contributed by atoms with Gasteiger partial charge in [-0.05, 0) is 45.7 Å². The lowest BCUT2D eigenvalue weighted by Crippen LogP contribution is -2.37. The van der Waals surface area contributed by atoms with Crippen LogP contribution in [0.4, 0.5) is 10.5 Å². The van der Waals surface area contributed by atoms with Crippen LogP contribution < -0.4 is 4.90 Å². The maximum absolute atomic E-state index is 12.2. The van der Waals surface area contributed by atoms with Gasteiger partial charge in [0.15, 0.2) is 0 Å². The first kappa shape index (κ1) is 16.0. The average Bonchev–Trinajstić information content (AvgIpc) is 2.33. The number of hydrogen-bond acceptors (Lipinski definition) is 2. The number of para-hydroxylation sites is 1. The second-order valence-corrected chi connectivity index (χ2v) is 6.16. The molecule has 1 aromatic rings. The Morgan fingerprint density at radius 3 is 2.37 bits per heavy atom. The van der Waals surface area contributed by atoms with E-state index >= 15 is 0 Å². The summed E-state index contributed by atoms with van der Waals surface area (Å²) in [5.41, 5.74) is 0.408. The molecule has 0 aromatic heterocycles. The molecule has 0 atom stereocenters. The first-order chi connectivity index (χ1) is 8.94. The van der Waals surface area contributed by atoms with Gasteiger partial charge >= 0.3 is 6.09 Å². The topological polar surface area (TPSA) is 29.5 Å². The zero-order chi connectivity index (χ0) is 14.3. The van der Waals surface area contributed by atoms with Crippen molar-refractivity contribution in [2.75, 3.05) is 16.8 Å². The second kappa shape index (κ2) is 7.53. The third-order valence-electron chi connectivity index (χ3n) is 2.45. The molecule has 1 aromatic carbocycles. The summed E-state index contributed by atoms with van der Waals surface area (Å²) in [7, 11) is 0. The molecule has 0 aliphatic carbocycles. The number of carbonyl (C=O) groups excluding carboxylic acids is 1. The van der Waals surface area contributed by atoms with Crippen LogP contribution in [0.1, 0.15) is 33.6 Å². The van der Waals surface area contributed by atoms with Gasteiger partial charge < -0.3 is 4.74 Å². The summed E-state index contributed by atoms with van der Waals surface area (Å²) in [6.07, 6.45) is 1.69. The van der Waals surface area contributed by atoms with Crippen LogP contribution >= 0.6 is 15.9 Å². The number of amides is 1. The second-order valence-electron chi connectivity index (χ2n) is 5.36. The SMILES string of the molecule is CC(C)(C)OC(=O)N(CCCCBr)c1ccccc1. The number of ether oxygens (including phenoxy) is 1. The number of carbonyl (C=O) groups is 1. The van der Waals surface area contributed by atoms with Crippen LogP contribution in [0.25, 0.3) is 0 Å². The first-order valence-corrected chi connectivity index (χ1v) is 7.68. The van der Waals surface area contributed by atoms with Crippen molar-refractivity contribution in [2.24, 2.45) is 0 Å². The van der Waals surface area contributed by atoms with Crippen molar-refractivity contribution in [1.82, 2.24) is 0 Å². The van der Waals surface area contributed by atoms with Crippen molar-refractivity contribution < 1.29 is 9.53 Å². The van der Waals surface area contributed by atoms with Crippen LogP contribution in [-0.4, -0.2) is 23.6 Å². The van der Waals surface area contributed by atoms with E-state index in [1.165, 1.54) is 0 Å². The third kappa shape index (κ3) is 6.10. The van der Waals surface area contributed by atoms with Gasteiger partial charge in [0.2, 0.25) is 0 Å². The van der Waals surface area contributed by atoms with E-state index in [9.17, 15) is 4.79 Å². The van der Waals surface area contributed by atoms with Gasteiger partial charge in [-0.2, -0.15) is 0 Å². The molecule has 4 heteroatoms. The number of unbranched alkanes of at least 4 members (excludes halogenated alkanes) is 1. The van der Waals surface area contributed by atoms with E-state index in [0.717, 1.165) is 23.9 Å². The highest BCUT2D eigenvalue weighted by Crippen LogP contribution is 2.18. The number of halogens is 1. The van der Waals surface area contributed by atoms with Crippen LogP contribution in [0.5, 0.6) is 0 Å². The monoisotopic (exact) mass is 327 g/mol. The summed E-state index contributed by atoms with van der Waals surface area (Å²) in [5, 5.41) is 0.948. The molecule has 0 radical (unpaired) electrons. The predicted molar refractivity (Wildman–Crippen MR) is 83.1 cm³/mol. The maximum Gasteiger partial charge on any atom is 0.414 e. The molecule has 0 saturated heterocycles. The normalized spacial score (nSPS) is 11.2. The van der Waals surface area contributed by atoms with Gasteiger partial charge in [0.25, 0.3) is 0 Å². The molecule has 1 amide bonds. The number of hydrogen-bond donors (Lipinski definition) is 0. The molecule has 0 saturated carbocycles. The minimum atomic E-state index is -0.473. The molecule has 3 nitrogen and oxygen atoms in total. The standard InChI is InChI=1S/C15H22BrNO2/c1-15(2,3)19-14(18)17(12-8-7-11-16)13-9-5-4-6-10-13/h4-6,9-10H,7-8,11-12H2,1-3H3.